The van der Waals surface area contributed by atoms with Crippen LogP contribution in [0.4, 0.5) is 0 Å². The number of hydrogen-bond acceptors (Lipinski definition) is 12. The number of carboxylic acid groups (broad SMARTS) is 1. The van der Waals surface area contributed by atoms with Gasteiger partial charge in [0, 0.05) is 25.0 Å². The summed E-state index contributed by atoms with van der Waals surface area (Å²) in [5.74, 6) is -10.1. The standard InChI is InChI=1S/C64H118N6O12S/c1-5-8-11-14-17-20-23-26-29-32-35-38-41-44-55(73)64(4,63(81)82)70(58(76)46-43-40-37-34-31-28-25-22-19-16-13-10-7-3)62(80)51(47-56(65)74)67-59(77)52(48-71)68-60(78)53(49-72)69-61(79)54(50-83)66-57(75)45-42-39-36-33-30-27-24-21-18-15-12-9-6-2/h51-54,71-72,83H,5-50H2,1-4H3,(H2,65,74)(H,66,75)(H,67,77)(H,68,78)(H,69,79)(H,81,82)/t51-,52-,53-,54-,64+/m0/s1. The highest BCUT2D eigenvalue weighted by Crippen LogP contribution is 2.26. The van der Waals surface area contributed by atoms with Crippen LogP contribution in [0.25, 0.3) is 0 Å². The third kappa shape index (κ3) is 37.8. The van der Waals surface area contributed by atoms with Crippen LogP contribution in [-0.2, 0) is 43.2 Å². The van der Waals surface area contributed by atoms with Gasteiger partial charge in [-0.2, -0.15) is 12.6 Å². The first kappa shape index (κ1) is 78.9. The number of carbonyl (C=O) groups excluding carboxylic acids is 8. The first-order valence-electron chi connectivity index (χ1n) is 32.9. The predicted molar refractivity (Wildman–Crippen MR) is 333 cm³/mol. The zero-order chi connectivity index (χ0) is 61.9. The Labute approximate surface area is 506 Å². The van der Waals surface area contributed by atoms with Gasteiger partial charge in [0.05, 0.1) is 19.6 Å². The van der Waals surface area contributed by atoms with Crippen molar-refractivity contribution in [2.45, 2.75) is 333 Å². The number of imide groups is 1. The number of unbranched alkanes of at least 4 members (excludes halogenated alkanes) is 36. The van der Waals surface area contributed by atoms with Crippen molar-refractivity contribution in [1.29, 1.82) is 0 Å². The summed E-state index contributed by atoms with van der Waals surface area (Å²) in [6, 6.07) is -6.84. The molecule has 0 rings (SSSR count). The highest BCUT2D eigenvalue weighted by Gasteiger charge is 2.53. The molecule has 0 saturated heterocycles. The molecule has 0 aromatic heterocycles. The van der Waals surface area contributed by atoms with E-state index in [-0.39, 0.29) is 31.4 Å². The topological polar surface area (TPSA) is 292 Å². The number of aliphatic carboxylic acids is 1. The summed E-state index contributed by atoms with van der Waals surface area (Å²) in [5, 5.41) is 40.6. The van der Waals surface area contributed by atoms with Crippen LogP contribution >= 0.6 is 12.6 Å². The van der Waals surface area contributed by atoms with Gasteiger partial charge in [-0.3, -0.25) is 43.3 Å². The molecule has 482 valence electrons. The van der Waals surface area contributed by atoms with Crippen molar-refractivity contribution in [2.24, 2.45) is 5.73 Å². The van der Waals surface area contributed by atoms with E-state index in [1.807, 2.05) is 0 Å². The Balaban J connectivity index is 5.95. The van der Waals surface area contributed by atoms with Crippen molar-refractivity contribution < 1.29 is 58.5 Å². The molecule has 0 unspecified atom stereocenters. The highest BCUT2D eigenvalue weighted by atomic mass is 32.1. The summed E-state index contributed by atoms with van der Waals surface area (Å²) in [5.41, 5.74) is 2.79. The smallest absolute Gasteiger partial charge is 0.337 e. The van der Waals surface area contributed by atoms with Gasteiger partial charge in [0.15, 0.2) is 5.78 Å². The molecule has 0 heterocycles. The molecule has 0 aromatic rings. The van der Waals surface area contributed by atoms with Crippen LogP contribution in [0, 0.1) is 0 Å². The van der Waals surface area contributed by atoms with Crippen LogP contribution in [0.1, 0.15) is 304 Å². The number of nitrogens with one attached hydrogen (secondary N) is 4. The van der Waals surface area contributed by atoms with E-state index in [4.69, 9.17) is 5.73 Å². The molecule has 0 aromatic carbocycles. The third-order valence-corrected chi connectivity index (χ3v) is 16.2. The van der Waals surface area contributed by atoms with E-state index in [2.05, 4.69) is 54.7 Å². The number of thiol groups is 1. The highest BCUT2D eigenvalue weighted by molar-refractivity contribution is 7.80. The summed E-state index contributed by atoms with van der Waals surface area (Å²) in [7, 11) is 0. The third-order valence-electron chi connectivity index (χ3n) is 15.9. The number of ketones is 1. The maximum atomic E-state index is 14.7. The van der Waals surface area contributed by atoms with Gasteiger partial charge in [0.25, 0.3) is 5.91 Å². The fourth-order valence-electron chi connectivity index (χ4n) is 10.4. The predicted octanol–water partition coefficient (Wildman–Crippen LogP) is 10.9. The number of hydrogen-bond donors (Lipinski definition) is 9. The monoisotopic (exact) mass is 1190 g/mol. The number of nitrogens with two attached hydrogens (primary N) is 1. The van der Waals surface area contributed by atoms with Crippen LogP contribution in [0.3, 0.4) is 0 Å². The molecule has 0 aliphatic carbocycles. The Bertz CT molecular complexity index is 1790. The summed E-state index contributed by atoms with van der Waals surface area (Å²) < 4.78 is 0. The van der Waals surface area contributed by atoms with Gasteiger partial charge in [-0.15, -0.1) is 0 Å². The summed E-state index contributed by atoms with van der Waals surface area (Å²) in [6.07, 6.45) is 40.1. The fourth-order valence-corrected chi connectivity index (χ4v) is 10.7. The van der Waals surface area contributed by atoms with Gasteiger partial charge in [-0.25, -0.2) is 4.79 Å². The van der Waals surface area contributed by atoms with Crippen molar-refractivity contribution in [3.8, 4) is 0 Å². The second-order valence-corrected chi connectivity index (χ2v) is 23.7. The Morgan fingerprint density at radius 1 is 0.422 bits per heavy atom. The summed E-state index contributed by atoms with van der Waals surface area (Å²) in [4.78, 5) is 123. The number of aliphatic hydroxyl groups excluding tert-OH is 2. The second kappa shape index (κ2) is 52.2. The quantitative estimate of drug-likeness (QED) is 0.0156. The minimum Gasteiger partial charge on any atom is -0.479 e. The zero-order valence-corrected chi connectivity index (χ0v) is 53.2. The minimum atomic E-state index is -2.75. The van der Waals surface area contributed by atoms with E-state index in [0.717, 1.165) is 96.8 Å². The van der Waals surface area contributed by atoms with Crippen molar-refractivity contribution in [1.82, 2.24) is 26.2 Å². The van der Waals surface area contributed by atoms with Gasteiger partial charge < -0.3 is 42.3 Å². The Hall–Kier alpha value is -4.10. The Morgan fingerprint density at radius 3 is 1.01 bits per heavy atom. The van der Waals surface area contributed by atoms with E-state index in [9.17, 15) is 58.5 Å². The average molecular weight is 1200 g/mol. The molecule has 83 heavy (non-hydrogen) atoms. The van der Waals surface area contributed by atoms with E-state index in [0.29, 0.717) is 30.6 Å². The number of primary amides is 1. The number of Topliss-reactive ketones (excluding diaryl/α,β-unsaturated/α-hetero) is 1. The molecule has 5 atom stereocenters. The van der Waals surface area contributed by atoms with Gasteiger partial charge in [0.2, 0.25) is 41.0 Å². The molecular weight excluding hydrogens is 1080 g/mol. The van der Waals surface area contributed by atoms with Crippen LogP contribution in [0.2, 0.25) is 0 Å². The lowest BCUT2D eigenvalue weighted by Crippen LogP contribution is -2.66. The van der Waals surface area contributed by atoms with Crippen molar-refractivity contribution in [2.75, 3.05) is 19.0 Å². The first-order chi connectivity index (χ1) is 40.0. The maximum absolute atomic E-state index is 14.7. The molecule has 0 saturated carbocycles. The first-order valence-corrected chi connectivity index (χ1v) is 33.6. The Morgan fingerprint density at radius 2 is 0.711 bits per heavy atom. The number of amides is 7. The number of rotatable bonds is 58. The molecule has 0 aliphatic heterocycles. The SMILES string of the molecule is CCCCCCCCCCCCCCCC(=O)N[C@@H](CS)C(=O)N[C@@H](CO)C(=O)N[C@@H](CO)C(=O)N[C@@H](CC(N)=O)C(=O)N(C(=O)CCCCCCCCCCCCCCC)[C@@](C)(C(=O)O)C(=O)CCCCCCCCCCCCCCC. The lowest BCUT2D eigenvalue weighted by atomic mass is 9.88. The van der Waals surface area contributed by atoms with Crippen LogP contribution in [0.5, 0.6) is 0 Å². The lowest BCUT2D eigenvalue weighted by Gasteiger charge is -2.37. The molecule has 0 spiro atoms. The van der Waals surface area contributed by atoms with Crippen LogP contribution in [0.15, 0.2) is 0 Å². The largest absolute Gasteiger partial charge is 0.479 e. The number of aliphatic hydroxyl groups is 2. The summed E-state index contributed by atoms with van der Waals surface area (Å²) >= 11 is 4.20. The number of nitrogens with zero attached hydrogens (tertiary/aromatic N) is 1. The number of carbonyl (C=O) groups is 9. The van der Waals surface area contributed by atoms with Gasteiger partial charge in [-0.05, 0) is 26.2 Å². The van der Waals surface area contributed by atoms with E-state index < -0.39 is 102 Å². The van der Waals surface area contributed by atoms with Gasteiger partial charge >= 0.3 is 5.97 Å². The number of carboxylic acids is 1. The van der Waals surface area contributed by atoms with E-state index >= 15 is 0 Å². The Kier molecular flexibility index (Phi) is 49.7. The van der Waals surface area contributed by atoms with Crippen molar-refractivity contribution >= 4 is 65.7 Å². The molecular formula is C64H118N6O12S. The molecule has 0 radical (unpaired) electrons. The van der Waals surface area contributed by atoms with Gasteiger partial charge in [0.1, 0.15) is 24.2 Å². The molecule has 18 nitrogen and oxygen atoms in total. The fraction of sp³-hybridized carbons (Fsp3) is 0.859. The molecule has 0 bridgehead atoms. The molecule has 7 amide bonds. The molecule has 0 fully saturated rings. The van der Waals surface area contributed by atoms with Crippen LogP contribution < -0.4 is 27.0 Å². The normalized spacial score (nSPS) is 13.5. The van der Waals surface area contributed by atoms with Crippen LogP contribution in [-0.4, -0.2) is 122 Å². The average Bonchev–Trinajstić information content (AvgIpc) is 3.59. The van der Waals surface area contributed by atoms with Gasteiger partial charge in [-0.1, -0.05) is 252 Å². The minimum absolute atomic E-state index is 0.155. The maximum Gasteiger partial charge on any atom is 0.337 e. The van der Waals surface area contributed by atoms with Crippen molar-refractivity contribution in [3.05, 3.63) is 0 Å². The molecule has 19 heteroatoms. The van der Waals surface area contributed by atoms with Crippen molar-refractivity contribution in [3.63, 3.8) is 0 Å². The summed E-state index contributed by atoms with van der Waals surface area (Å²) in [6.45, 7) is 5.48. The van der Waals surface area contributed by atoms with E-state index in [1.165, 1.54) is 128 Å². The second-order valence-electron chi connectivity index (χ2n) is 23.4. The molecule has 9 N–H and O–H groups in total. The van der Waals surface area contributed by atoms with E-state index in [1.54, 1.807) is 0 Å². The molecule has 0 aliphatic rings. The lowest BCUT2D eigenvalue weighted by molar-refractivity contribution is -0.170. The zero-order valence-electron chi connectivity index (χ0n) is 52.3.